The van der Waals surface area contributed by atoms with Gasteiger partial charge in [-0.05, 0) is 60.0 Å². The van der Waals surface area contributed by atoms with Gasteiger partial charge in [0.15, 0.2) is 18.7 Å². The first-order valence-electron chi connectivity index (χ1n) is 18.7. The van der Waals surface area contributed by atoms with Crippen LogP contribution in [0.1, 0.15) is 80.1 Å². The summed E-state index contributed by atoms with van der Waals surface area (Å²) < 4.78 is 42.1. The lowest BCUT2D eigenvalue weighted by atomic mass is 9.82. The highest BCUT2D eigenvalue weighted by molar-refractivity contribution is 5.70. The van der Waals surface area contributed by atoms with E-state index in [2.05, 4.69) is 0 Å². The Morgan fingerprint density at radius 1 is 1.04 bits per heavy atom. The second-order valence-electron chi connectivity index (χ2n) is 15.1. The maximum absolute atomic E-state index is 12.9. The van der Waals surface area contributed by atoms with E-state index in [1.54, 1.807) is 71.8 Å². The number of cyclic esters (lactones) is 1. The van der Waals surface area contributed by atoms with Crippen molar-refractivity contribution in [3.05, 3.63) is 24.3 Å². The molecular formula is C38H63NO14. The van der Waals surface area contributed by atoms with Gasteiger partial charge in [0.25, 0.3) is 0 Å². The molecule has 0 bridgehead atoms. The predicted molar refractivity (Wildman–Crippen MR) is 191 cm³/mol. The molecule has 15 nitrogen and oxygen atoms in total. The lowest BCUT2D eigenvalue weighted by molar-refractivity contribution is -0.344. The number of rotatable bonds is 10. The molecule has 0 saturated carbocycles. The molecule has 0 spiro atoms. The highest BCUT2D eigenvalue weighted by Crippen LogP contribution is 2.37. The highest BCUT2D eigenvalue weighted by atomic mass is 16.7. The number of ether oxygens (including phenoxy) is 7. The summed E-state index contributed by atoms with van der Waals surface area (Å²) in [5.41, 5.74) is -1.47. The fourth-order valence-corrected chi connectivity index (χ4v) is 7.48. The summed E-state index contributed by atoms with van der Waals surface area (Å²) in [6.07, 6.45) is -3.93. The molecule has 16 atom stereocenters. The zero-order valence-corrected chi connectivity index (χ0v) is 32.6. The number of nitrogens with zero attached hydrogens (tertiary/aromatic N) is 1. The van der Waals surface area contributed by atoms with Crippen LogP contribution in [-0.4, -0.2) is 150 Å². The third kappa shape index (κ3) is 12.3. The van der Waals surface area contributed by atoms with Crippen LogP contribution in [0.4, 0.5) is 0 Å². The van der Waals surface area contributed by atoms with E-state index in [0.717, 1.165) is 0 Å². The van der Waals surface area contributed by atoms with Gasteiger partial charge in [-0.15, -0.1) is 0 Å². The average molecular weight is 758 g/mol. The molecule has 0 aromatic carbocycles. The molecule has 0 aromatic heterocycles. The molecule has 3 aliphatic rings. The minimum atomic E-state index is -1.47. The summed E-state index contributed by atoms with van der Waals surface area (Å²) in [5.74, 6) is -2.14. The topological polar surface area (TPSA) is 200 Å². The quantitative estimate of drug-likeness (QED) is 0.186. The van der Waals surface area contributed by atoms with E-state index < -0.39 is 110 Å². The van der Waals surface area contributed by atoms with E-state index in [9.17, 15) is 34.8 Å². The number of aliphatic hydroxyl groups excluding tert-OH is 3. The van der Waals surface area contributed by atoms with Crippen molar-refractivity contribution in [2.24, 2.45) is 11.8 Å². The number of carbonyl (C=O) groups is 3. The predicted octanol–water partition coefficient (Wildman–Crippen LogP) is 1.81. The van der Waals surface area contributed by atoms with Gasteiger partial charge in [0.05, 0.1) is 43.0 Å². The minimum absolute atomic E-state index is 0.0298. The fourth-order valence-electron chi connectivity index (χ4n) is 7.48. The van der Waals surface area contributed by atoms with Gasteiger partial charge in [0.1, 0.15) is 36.3 Å². The van der Waals surface area contributed by atoms with Crippen molar-refractivity contribution in [2.75, 3.05) is 21.2 Å². The molecule has 2 fully saturated rings. The fraction of sp³-hybridized carbons (Fsp3) is 0.816. The Hall–Kier alpha value is -2.31. The van der Waals surface area contributed by atoms with Crippen molar-refractivity contribution in [3.8, 4) is 0 Å². The van der Waals surface area contributed by atoms with Crippen molar-refractivity contribution in [2.45, 2.75) is 165 Å². The Morgan fingerprint density at radius 2 is 1.74 bits per heavy atom. The largest absolute Gasteiger partial charge is 0.462 e. The lowest BCUT2D eigenvalue weighted by Gasteiger charge is -2.50. The molecule has 304 valence electrons. The van der Waals surface area contributed by atoms with Crippen molar-refractivity contribution < 1.29 is 68.0 Å². The third-order valence-electron chi connectivity index (χ3n) is 10.3. The summed E-state index contributed by atoms with van der Waals surface area (Å²) in [6.45, 7) is 10.2. The Kier molecular flexibility index (Phi) is 17.5. The number of hydrogen-bond donors (Lipinski definition) is 4. The van der Waals surface area contributed by atoms with Gasteiger partial charge in [-0.1, -0.05) is 38.2 Å². The Morgan fingerprint density at radius 3 is 2.34 bits per heavy atom. The average Bonchev–Trinajstić information content (AvgIpc) is 3.06. The first kappa shape index (κ1) is 45.1. The van der Waals surface area contributed by atoms with Crippen molar-refractivity contribution in [3.63, 3.8) is 0 Å². The first-order valence-corrected chi connectivity index (χ1v) is 18.7. The Balaban J connectivity index is 1.92. The zero-order valence-electron chi connectivity index (χ0n) is 32.6. The van der Waals surface area contributed by atoms with Crippen LogP contribution in [0.5, 0.6) is 0 Å². The molecular weight excluding hydrogens is 694 g/mol. The van der Waals surface area contributed by atoms with Crippen LogP contribution < -0.4 is 0 Å². The van der Waals surface area contributed by atoms with Gasteiger partial charge >= 0.3 is 11.9 Å². The van der Waals surface area contributed by atoms with Gasteiger partial charge in [0, 0.05) is 32.8 Å². The Labute approximate surface area is 313 Å². The molecule has 0 aromatic rings. The molecule has 3 heterocycles. The number of hydrogen-bond acceptors (Lipinski definition) is 15. The van der Waals surface area contributed by atoms with E-state index in [0.29, 0.717) is 12.7 Å². The van der Waals surface area contributed by atoms with Crippen LogP contribution in [-0.2, 0) is 47.5 Å². The number of esters is 2. The molecule has 3 aliphatic heterocycles. The van der Waals surface area contributed by atoms with Crippen LogP contribution in [0.15, 0.2) is 24.3 Å². The van der Waals surface area contributed by atoms with E-state index in [4.69, 9.17) is 33.2 Å². The number of likely N-dealkylation sites (N-methyl/N-ethyl adjacent to an activating group) is 1. The summed E-state index contributed by atoms with van der Waals surface area (Å²) in [4.78, 5) is 38.8. The van der Waals surface area contributed by atoms with E-state index in [1.807, 2.05) is 13.0 Å². The van der Waals surface area contributed by atoms with Gasteiger partial charge in [-0.3, -0.25) is 9.59 Å². The monoisotopic (exact) mass is 757 g/mol. The molecule has 3 rings (SSSR count). The van der Waals surface area contributed by atoms with Crippen molar-refractivity contribution >= 4 is 18.2 Å². The molecule has 0 amide bonds. The molecule has 15 heteroatoms. The first-order chi connectivity index (χ1) is 24.9. The second-order valence-corrected chi connectivity index (χ2v) is 15.1. The third-order valence-corrected chi connectivity index (χ3v) is 10.3. The number of methoxy groups -OCH3 is 1. The normalized spacial score (nSPS) is 43.4. The van der Waals surface area contributed by atoms with Crippen LogP contribution in [0, 0.1) is 11.8 Å². The molecule has 0 radical (unpaired) electrons. The summed E-state index contributed by atoms with van der Waals surface area (Å²) >= 11 is 0. The molecule has 0 aliphatic carbocycles. The van der Waals surface area contributed by atoms with Gasteiger partial charge in [-0.25, -0.2) is 0 Å². The van der Waals surface area contributed by atoms with Crippen LogP contribution in [0.25, 0.3) is 0 Å². The number of allylic oxidation sites excluding steroid dienone is 2. The number of aliphatic hydroxyl groups is 4. The summed E-state index contributed by atoms with van der Waals surface area (Å²) in [5, 5.41) is 45.5. The van der Waals surface area contributed by atoms with Gasteiger partial charge in [-0.2, -0.15) is 0 Å². The summed E-state index contributed by atoms with van der Waals surface area (Å²) in [6, 6.07) is -0.750. The minimum Gasteiger partial charge on any atom is -0.462 e. The lowest BCUT2D eigenvalue weighted by Crippen LogP contribution is -2.66. The molecule has 0 unspecified atom stereocenters. The number of aldehydes is 1. The molecule has 4 N–H and O–H groups in total. The van der Waals surface area contributed by atoms with Crippen LogP contribution >= 0.6 is 0 Å². The summed E-state index contributed by atoms with van der Waals surface area (Å²) in [7, 11) is 4.85. The van der Waals surface area contributed by atoms with E-state index >= 15 is 0 Å². The highest BCUT2D eigenvalue weighted by Gasteiger charge is 2.52. The van der Waals surface area contributed by atoms with Crippen molar-refractivity contribution in [1.29, 1.82) is 0 Å². The van der Waals surface area contributed by atoms with E-state index in [1.165, 1.54) is 7.11 Å². The Bertz CT molecular complexity index is 1230. The molecule has 2 saturated heterocycles. The van der Waals surface area contributed by atoms with E-state index in [-0.39, 0.29) is 31.6 Å². The van der Waals surface area contributed by atoms with Gasteiger partial charge in [0.2, 0.25) is 0 Å². The zero-order chi connectivity index (χ0) is 39.6. The van der Waals surface area contributed by atoms with Crippen LogP contribution in [0.3, 0.4) is 0 Å². The van der Waals surface area contributed by atoms with Gasteiger partial charge < -0.3 is 63.3 Å². The maximum Gasteiger partial charge on any atom is 0.308 e. The SMILES string of the molecule is CCC(=O)O[C@H]1[C@H](C)O[C@@H](O[C@H]2[C@H](N(C)C)[C@@H](O)[C@H](O[C@H]3[C@@H](CC=O)C[C@@H](C)[C@@H](O)/C=C/C=C/C[C@@H](C)OC(=O)C[C@@H](O)[C@@H]3OC)O[C@@H]2C)C[C@@]1(C)O. The van der Waals surface area contributed by atoms with Crippen LogP contribution in [0.2, 0.25) is 0 Å². The number of carbonyl (C=O) groups excluding carboxylic acids is 3. The standard InChI is InChI=1S/C38H63NO14/c1-10-28(43)51-36-24(5)49-30(20-38(36,6)46)52-33-23(4)50-37(32(45)31(33)39(7)8)53-34-25(16-17-40)18-21(2)26(41)15-13-11-12-14-22(3)48-29(44)19-27(42)35(34)47-9/h11-13,15,17,21-27,30-37,41-42,45-46H,10,14,16,18-20H2,1-9H3/b12-11+,15-13+/t21-,22-,23-,24+,25+,26+,27-,30+,31-,32-,33-,34+,35+,36+,37+,38-/m1/s1. The smallest absolute Gasteiger partial charge is 0.308 e. The molecule has 53 heavy (non-hydrogen) atoms. The maximum atomic E-state index is 12.9. The van der Waals surface area contributed by atoms with Crippen molar-refractivity contribution in [1.82, 2.24) is 4.90 Å². The second kappa shape index (κ2) is 20.6.